The van der Waals surface area contributed by atoms with E-state index in [4.69, 9.17) is 0 Å². The molecule has 20 heavy (non-hydrogen) atoms. The van der Waals surface area contributed by atoms with Crippen LogP contribution >= 0.6 is 0 Å². The first kappa shape index (κ1) is 14.6. The Morgan fingerprint density at radius 3 is 2.25 bits per heavy atom. The first-order valence-corrected chi connectivity index (χ1v) is 8.23. The minimum Gasteiger partial charge on any atom is -0.273 e. The Kier molecular flexibility index (Phi) is 4.45. The van der Waals surface area contributed by atoms with E-state index in [1.165, 1.54) is 4.31 Å². The lowest BCUT2D eigenvalue weighted by atomic mass is 10.1. The van der Waals surface area contributed by atoms with Crippen LogP contribution in [0.25, 0.3) is 0 Å². The Bertz CT molecular complexity index is 666. The molecule has 0 saturated heterocycles. The molecule has 0 aliphatic carbocycles. The van der Waals surface area contributed by atoms with Gasteiger partial charge in [0.1, 0.15) is 0 Å². The van der Waals surface area contributed by atoms with Gasteiger partial charge in [-0.1, -0.05) is 49.4 Å². The van der Waals surface area contributed by atoms with Gasteiger partial charge in [-0.05, 0) is 29.7 Å². The third-order valence-electron chi connectivity index (χ3n) is 3.29. The number of anilines is 1. The van der Waals surface area contributed by atoms with Crippen molar-refractivity contribution in [3.63, 3.8) is 0 Å². The van der Waals surface area contributed by atoms with Gasteiger partial charge >= 0.3 is 0 Å². The molecule has 0 spiro atoms. The molecule has 0 aliphatic rings. The Morgan fingerprint density at radius 2 is 1.60 bits per heavy atom. The minimum absolute atomic E-state index is 0.0146. The molecule has 0 heterocycles. The molecule has 0 amide bonds. The third kappa shape index (κ3) is 3.39. The van der Waals surface area contributed by atoms with Crippen molar-refractivity contribution >= 4 is 15.7 Å². The Labute approximate surface area is 120 Å². The number of sulfonamides is 1. The van der Waals surface area contributed by atoms with Crippen molar-refractivity contribution in [3.05, 3.63) is 65.7 Å². The molecule has 0 N–H and O–H groups in total. The van der Waals surface area contributed by atoms with Crippen LogP contribution in [0.3, 0.4) is 0 Å². The maximum Gasteiger partial charge on any atom is 0.239 e. The lowest BCUT2D eigenvalue weighted by molar-refractivity contribution is 0.593. The van der Waals surface area contributed by atoms with Crippen LogP contribution in [0.4, 0.5) is 5.69 Å². The SMILES string of the molecule is CCc1cccc(N(C)S(=O)(=O)Cc2ccccc2)c1. The standard InChI is InChI=1S/C16H19NO2S/c1-3-14-10-7-11-16(12-14)17(2)20(18,19)13-15-8-5-4-6-9-15/h4-12H,3,13H2,1-2H3. The van der Waals surface area contributed by atoms with Gasteiger partial charge in [0.25, 0.3) is 0 Å². The fourth-order valence-corrected chi connectivity index (χ4v) is 3.26. The molecular weight excluding hydrogens is 270 g/mol. The van der Waals surface area contributed by atoms with Gasteiger partial charge in [0.15, 0.2) is 0 Å². The van der Waals surface area contributed by atoms with Crippen LogP contribution in [0.15, 0.2) is 54.6 Å². The van der Waals surface area contributed by atoms with Crippen LogP contribution in [0.5, 0.6) is 0 Å². The van der Waals surface area contributed by atoms with E-state index >= 15 is 0 Å². The maximum absolute atomic E-state index is 12.4. The number of hydrogen-bond donors (Lipinski definition) is 0. The molecule has 0 bridgehead atoms. The molecule has 2 aromatic carbocycles. The van der Waals surface area contributed by atoms with Crippen molar-refractivity contribution in [2.24, 2.45) is 0 Å². The van der Waals surface area contributed by atoms with Crippen molar-refractivity contribution in [1.29, 1.82) is 0 Å². The summed E-state index contributed by atoms with van der Waals surface area (Å²) in [7, 11) is -1.75. The summed E-state index contributed by atoms with van der Waals surface area (Å²) in [4.78, 5) is 0. The average Bonchev–Trinajstić information content (AvgIpc) is 2.47. The molecule has 3 nitrogen and oxygen atoms in total. The summed E-state index contributed by atoms with van der Waals surface area (Å²) in [6.07, 6.45) is 0.889. The molecule has 0 saturated carbocycles. The highest BCUT2D eigenvalue weighted by Gasteiger charge is 2.19. The zero-order valence-electron chi connectivity index (χ0n) is 11.8. The van der Waals surface area contributed by atoms with E-state index in [0.717, 1.165) is 17.5 Å². The molecule has 0 aliphatic heterocycles. The monoisotopic (exact) mass is 289 g/mol. The van der Waals surface area contributed by atoms with Gasteiger partial charge in [-0.15, -0.1) is 0 Å². The quantitative estimate of drug-likeness (QED) is 0.847. The van der Waals surface area contributed by atoms with Gasteiger partial charge in [-0.2, -0.15) is 0 Å². The highest BCUT2D eigenvalue weighted by Crippen LogP contribution is 2.20. The predicted molar refractivity (Wildman–Crippen MR) is 83.3 cm³/mol. The summed E-state index contributed by atoms with van der Waals surface area (Å²) in [6, 6.07) is 16.9. The van der Waals surface area contributed by atoms with Crippen molar-refractivity contribution in [2.45, 2.75) is 19.1 Å². The van der Waals surface area contributed by atoms with Crippen molar-refractivity contribution in [3.8, 4) is 0 Å². The van der Waals surface area contributed by atoms with E-state index in [-0.39, 0.29) is 5.75 Å². The smallest absolute Gasteiger partial charge is 0.239 e. The summed E-state index contributed by atoms with van der Waals surface area (Å²) in [5.41, 5.74) is 2.63. The molecule has 2 rings (SSSR count). The number of aryl methyl sites for hydroxylation is 1. The number of benzene rings is 2. The van der Waals surface area contributed by atoms with Gasteiger partial charge in [-0.3, -0.25) is 4.31 Å². The number of nitrogens with zero attached hydrogens (tertiary/aromatic N) is 1. The summed E-state index contributed by atoms with van der Waals surface area (Å²) in [6.45, 7) is 2.05. The van der Waals surface area contributed by atoms with Gasteiger partial charge in [0, 0.05) is 7.05 Å². The topological polar surface area (TPSA) is 37.4 Å². The minimum atomic E-state index is -3.36. The normalized spacial score (nSPS) is 11.3. The number of hydrogen-bond acceptors (Lipinski definition) is 2. The lowest BCUT2D eigenvalue weighted by Gasteiger charge is -2.20. The Balaban J connectivity index is 2.24. The fraction of sp³-hybridized carbons (Fsp3) is 0.250. The van der Waals surface area contributed by atoms with Crippen molar-refractivity contribution in [2.75, 3.05) is 11.4 Å². The summed E-state index contributed by atoms with van der Waals surface area (Å²) in [5, 5.41) is 0. The summed E-state index contributed by atoms with van der Waals surface area (Å²) >= 11 is 0. The summed E-state index contributed by atoms with van der Waals surface area (Å²) < 4.78 is 26.2. The van der Waals surface area contributed by atoms with Crippen LogP contribution in [-0.4, -0.2) is 15.5 Å². The fourth-order valence-electron chi connectivity index (χ4n) is 2.01. The second kappa shape index (κ2) is 6.09. The van der Waals surface area contributed by atoms with Crippen LogP contribution in [0.2, 0.25) is 0 Å². The van der Waals surface area contributed by atoms with E-state index in [0.29, 0.717) is 5.69 Å². The van der Waals surface area contributed by atoms with Gasteiger partial charge in [0.05, 0.1) is 11.4 Å². The van der Waals surface area contributed by atoms with E-state index in [1.54, 1.807) is 7.05 Å². The Morgan fingerprint density at radius 1 is 0.950 bits per heavy atom. The predicted octanol–water partition coefficient (Wildman–Crippen LogP) is 3.22. The highest BCUT2D eigenvalue weighted by molar-refractivity contribution is 7.92. The molecule has 0 atom stereocenters. The highest BCUT2D eigenvalue weighted by atomic mass is 32.2. The molecule has 106 valence electrons. The zero-order valence-corrected chi connectivity index (χ0v) is 12.6. The van der Waals surface area contributed by atoms with Gasteiger partial charge < -0.3 is 0 Å². The first-order valence-electron chi connectivity index (χ1n) is 6.62. The largest absolute Gasteiger partial charge is 0.273 e. The van der Waals surface area contributed by atoms with E-state index < -0.39 is 10.0 Å². The van der Waals surface area contributed by atoms with E-state index in [1.807, 2.05) is 54.6 Å². The first-order chi connectivity index (χ1) is 9.53. The summed E-state index contributed by atoms with van der Waals surface area (Å²) in [5.74, 6) is 0.0146. The third-order valence-corrected chi connectivity index (χ3v) is 5.04. The van der Waals surface area contributed by atoms with Crippen molar-refractivity contribution < 1.29 is 8.42 Å². The molecule has 2 aromatic rings. The average molecular weight is 289 g/mol. The van der Waals surface area contributed by atoms with Crippen LogP contribution < -0.4 is 4.31 Å². The van der Waals surface area contributed by atoms with E-state index in [2.05, 4.69) is 6.92 Å². The van der Waals surface area contributed by atoms with Crippen LogP contribution in [0.1, 0.15) is 18.1 Å². The molecule has 0 unspecified atom stereocenters. The second-order valence-electron chi connectivity index (χ2n) is 4.73. The maximum atomic E-state index is 12.4. The molecule has 0 fully saturated rings. The zero-order chi connectivity index (χ0) is 14.6. The van der Waals surface area contributed by atoms with Crippen LogP contribution in [0, 0.1) is 0 Å². The molecule has 4 heteroatoms. The molecular formula is C16H19NO2S. The molecule has 0 radical (unpaired) electrons. The molecule has 0 aromatic heterocycles. The van der Waals surface area contributed by atoms with Crippen LogP contribution in [-0.2, 0) is 22.2 Å². The second-order valence-corrected chi connectivity index (χ2v) is 6.73. The van der Waals surface area contributed by atoms with E-state index in [9.17, 15) is 8.42 Å². The number of rotatable bonds is 5. The lowest BCUT2D eigenvalue weighted by Crippen LogP contribution is -2.27. The Hall–Kier alpha value is -1.81. The van der Waals surface area contributed by atoms with Crippen molar-refractivity contribution in [1.82, 2.24) is 0 Å². The van der Waals surface area contributed by atoms with Gasteiger partial charge in [-0.25, -0.2) is 8.42 Å². The van der Waals surface area contributed by atoms with Gasteiger partial charge in [0.2, 0.25) is 10.0 Å².